The molecule has 0 aromatic carbocycles. The summed E-state index contributed by atoms with van der Waals surface area (Å²) < 4.78 is 4.99. The molecule has 74 valence electrons. The zero-order chi connectivity index (χ0) is 9.68. The third-order valence-electron chi connectivity index (χ3n) is 2.06. The highest BCUT2D eigenvalue weighted by atomic mass is 16.3. The second-order valence-corrected chi connectivity index (χ2v) is 4.04. The van der Waals surface area contributed by atoms with E-state index in [4.69, 9.17) is 4.42 Å². The lowest BCUT2D eigenvalue weighted by Gasteiger charge is -2.14. The Bertz CT molecular complexity index is 216. The lowest BCUT2D eigenvalue weighted by Crippen LogP contribution is -2.26. The molecule has 1 aromatic rings. The molecular weight excluding hydrogens is 162 g/mol. The van der Waals surface area contributed by atoms with E-state index in [-0.39, 0.29) is 0 Å². The normalized spacial score (nSPS) is 13.5. The van der Waals surface area contributed by atoms with E-state index in [1.807, 2.05) is 6.07 Å². The van der Waals surface area contributed by atoms with Gasteiger partial charge in [-0.15, -0.1) is 0 Å². The molecule has 0 bridgehead atoms. The van der Waals surface area contributed by atoms with Crippen molar-refractivity contribution in [3.8, 4) is 0 Å². The standard InChI is InChI=1S/C11H19NO/c1-9(2)6-10(3)12-7-11-4-5-13-8-11/h4-5,8-10,12H,6-7H2,1-3H3/t10-/m0/s1. The first-order valence-electron chi connectivity index (χ1n) is 4.93. The van der Waals surface area contributed by atoms with E-state index in [0.717, 1.165) is 12.5 Å². The fourth-order valence-corrected chi connectivity index (χ4v) is 1.48. The summed E-state index contributed by atoms with van der Waals surface area (Å²) in [4.78, 5) is 0. The summed E-state index contributed by atoms with van der Waals surface area (Å²) in [6.45, 7) is 7.62. The van der Waals surface area contributed by atoms with Crippen molar-refractivity contribution >= 4 is 0 Å². The maximum Gasteiger partial charge on any atom is 0.0947 e. The predicted molar refractivity (Wildman–Crippen MR) is 54.5 cm³/mol. The molecule has 0 amide bonds. The van der Waals surface area contributed by atoms with Crippen molar-refractivity contribution in [2.75, 3.05) is 0 Å². The van der Waals surface area contributed by atoms with Crippen LogP contribution in [-0.4, -0.2) is 6.04 Å². The smallest absolute Gasteiger partial charge is 0.0947 e. The van der Waals surface area contributed by atoms with E-state index in [1.54, 1.807) is 12.5 Å². The molecule has 13 heavy (non-hydrogen) atoms. The quantitative estimate of drug-likeness (QED) is 0.755. The summed E-state index contributed by atoms with van der Waals surface area (Å²) in [5.41, 5.74) is 1.22. The molecule has 0 fully saturated rings. The average molecular weight is 181 g/mol. The third kappa shape index (κ3) is 4.13. The van der Waals surface area contributed by atoms with Crippen molar-refractivity contribution < 1.29 is 4.42 Å². The van der Waals surface area contributed by atoms with E-state index >= 15 is 0 Å². The molecule has 0 spiro atoms. The van der Waals surface area contributed by atoms with E-state index in [2.05, 4.69) is 26.1 Å². The number of furan rings is 1. The maximum absolute atomic E-state index is 4.99. The fourth-order valence-electron chi connectivity index (χ4n) is 1.48. The number of nitrogens with one attached hydrogen (secondary N) is 1. The first-order valence-corrected chi connectivity index (χ1v) is 4.93. The largest absolute Gasteiger partial charge is 0.472 e. The lowest BCUT2D eigenvalue weighted by molar-refractivity contribution is 0.440. The summed E-state index contributed by atoms with van der Waals surface area (Å²) in [6.07, 6.45) is 4.72. The van der Waals surface area contributed by atoms with Crippen LogP contribution in [0.2, 0.25) is 0 Å². The highest BCUT2D eigenvalue weighted by Crippen LogP contribution is 2.05. The molecule has 2 heteroatoms. The molecule has 0 aliphatic heterocycles. The molecule has 1 atom stereocenters. The Hall–Kier alpha value is -0.760. The minimum atomic E-state index is 0.579. The van der Waals surface area contributed by atoms with Crippen molar-refractivity contribution in [1.82, 2.24) is 5.32 Å². The van der Waals surface area contributed by atoms with Gasteiger partial charge < -0.3 is 9.73 Å². The first kappa shape index (κ1) is 10.3. The molecule has 0 unspecified atom stereocenters. The van der Waals surface area contributed by atoms with E-state index in [1.165, 1.54) is 12.0 Å². The number of hydrogen-bond donors (Lipinski definition) is 1. The van der Waals surface area contributed by atoms with Gasteiger partial charge >= 0.3 is 0 Å². The van der Waals surface area contributed by atoms with E-state index in [9.17, 15) is 0 Å². The van der Waals surface area contributed by atoms with Gasteiger partial charge in [-0.05, 0) is 25.3 Å². The highest BCUT2D eigenvalue weighted by Gasteiger charge is 2.04. The van der Waals surface area contributed by atoms with Crippen LogP contribution in [0, 0.1) is 5.92 Å². The molecular formula is C11H19NO. The molecule has 0 aliphatic rings. The molecule has 1 aromatic heterocycles. The molecule has 1 heterocycles. The van der Waals surface area contributed by atoms with Gasteiger partial charge in [0.05, 0.1) is 12.5 Å². The molecule has 0 saturated carbocycles. The average Bonchev–Trinajstić information content (AvgIpc) is 2.51. The minimum absolute atomic E-state index is 0.579. The predicted octanol–water partition coefficient (Wildman–Crippen LogP) is 2.80. The Kier molecular flexibility index (Phi) is 4.03. The first-order chi connectivity index (χ1) is 6.18. The highest BCUT2D eigenvalue weighted by molar-refractivity contribution is 5.04. The van der Waals surface area contributed by atoms with E-state index in [0.29, 0.717) is 6.04 Å². The molecule has 1 N–H and O–H groups in total. The van der Waals surface area contributed by atoms with Crippen LogP contribution < -0.4 is 5.32 Å². The zero-order valence-electron chi connectivity index (χ0n) is 8.71. The molecule has 1 rings (SSSR count). The summed E-state index contributed by atoms with van der Waals surface area (Å²) in [5, 5.41) is 3.46. The summed E-state index contributed by atoms with van der Waals surface area (Å²) in [5.74, 6) is 0.756. The van der Waals surface area contributed by atoms with Crippen LogP contribution in [0.4, 0.5) is 0 Å². The molecule has 0 saturated heterocycles. The van der Waals surface area contributed by atoms with Gasteiger partial charge in [0.1, 0.15) is 0 Å². The van der Waals surface area contributed by atoms with Crippen molar-refractivity contribution in [3.63, 3.8) is 0 Å². The van der Waals surface area contributed by atoms with Crippen molar-refractivity contribution in [2.45, 2.75) is 39.8 Å². The Morgan fingerprint density at radius 2 is 2.15 bits per heavy atom. The van der Waals surface area contributed by atoms with Crippen LogP contribution in [0.1, 0.15) is 32.8 Å². The molecule has 0 radical (unpaired) electrons. The summed E-state index contributed by atoms with van der Waals surface area (Å²) >= 11 is 0. The monoisotopic (exact) mass is 181 g/mol. The Morgan fingerprint density at radius 3 is 2.69 bits per heavy atom. The number of hydrogen-bond acceptors (Lipinski definition) is 2. The van der Waals surface area contributed by atoms with Gasteiger partial charge in [-0.2, -0.15) is 0 Å². The van der Waals surface area contributed by atoms with Gasteiger partial charge in [0.15, 0.2) is 0 Å². The second-order valence-electron chi connectivity index (χ2n) is 4.04. The van der Waals surface area contributed by atoms with Crippen molar-refractivity contribution in [2.24, 2.45) is 5.92 Å². The van der Waals surface area contributed by atoms with Crippen LogP contribution in [0.3, 0.4) is 0 Å². The molecule has 2 nitrogen and oxygen atoms in total. The number of rotatable bonds is 5. The van der Waals surface area contributed by atoms with Crippen molar-refractivity contribution in [3.05, 3.63) is 24.2 Å². The van der Waals surface area contributed by atoms with E-state index < -0.39 is 0 Å². The zero-order valence-corrected chi connectivity index (χ0v) is 8.71. The van der Waals surface area contributed by atoms with Gasteiger partial charge in [-0.3, -0.25) is 0 Å². The third-order valence-corrected chi connectivity index (χ3v) is 2.06. The maximum atomic E-state index is 4.99. The van der Waals surface area contributed by atoms with Crippen molar-refractivity contribution in [1.29, 1.82) is 0 Å². The van der Waals surface area contributed by atoms with Gasteiger partial charge in [0, 0.05) is 18.2 Å². The summed E-state index contributed by atoms with van der Waals surface area (Å²) in [6, 6.07) is 2.57. The molecule has 0 aliphatic carbocycles. The van der Waals surface area contributed by atoms with Gasteiger partial charge in [0.2, 0.25) is 0 Å². The fraction of sp³-hybridized carbons (Fsp3) is 0.636. The summed E-state index contributed by atoms with van der Waals surface area (Å²) in [7, 11) is 0. The van der Waals surface area contributed by atoms with Crippen LogP contribution >= 0.6 is 0 Å². The topological polar surface area (TPSA) is 25.2 Å². The van der Waals surface area contributed by atoms with Crippen LogP contribution in [-0.2, 0) is 6.54 Å². The van der Waals surface area contributed by atoms with Gasteiger partial charge in [-0.1, -0.05) is 13.8 Å². The van der Waals surface area contributed by atoms with Crippen LogP contribution in [0.5, 0.6) is 0 Å². The van der Waals surface area contributed by atoms with Crippen LogP contribution in [0.25, 0.3) is 0 Å². The SMILES string of the molecule is CC(C)C[C@H](C)NCc1ccoc1. The Morgan fingerprint density at radius 1 is 1.38 bits per heavy atom. The second kappa shape index (κ2) is 5.07. The van der Waals surface area contributed by atoms with Gasteiger partial charge in [0.25, 0.3) is 0 Å². The van der Waals surface area contributed by atoms with Gasteiger partial charge in [-0.25, -0.2) is 0 Å². The minimum Gasteiger partial charge on any atom is -0.472 e. The Balaban J connectivity index is 2.19. The Labute approximate surface area is 80.3 Å². The lowest BCUT2D eigenvalue weighted by atomic mass is 10.1. The van der Waals surface area contributed by atoms with Crippen LogP contribution in [0.15, 0.2) is 23.0 Å².